The van der Waals surface area contributed by atoms with Crippen LogP contribution in [-0.4, -0.2) is 5.92 Å². The zero-order valence-electron chi connectivity index (χ0n) is 1.97. The van der Waals surface area contributed by atoms with Gasteiger partial charge in [-0.15, -0.1) is 0 Å². The lowest BCUT2D eigenvalue weighted by atomic mass is 11.6. The smallest absolute Gasteiger partial charge is 0.0314 e. The number of rotatable bonds is 0. The van der Waals surface area contributed by atoms with Crippen LogP contribution >= 0.6 is 8.86 Å². The third-order valence-corrected chi connectivity index (χ3v) is 0.173. The summed E-state index contributed by atoms with van der Waals surface area (Å²) in [6.45, 7) is 0. The van der Waals surface area contributed by atoms with Gasteiger partial charge < -0.3 is 0 Å². The van der Waals surface area contributed by atoms with Crippen molar-refractivity contribution in [2.75, 3.05) is 0 Å². The maximum absolute atomic E-state index is 7.37. The van der Waals surface area contributed by atoms with Crippen molar-refractivity contribution in [1.29, 1.82) is 5.39 Å². The minimum absolute atomic E-state index is 1.99. The fourth-order valence-electron chi connectivity index (χ4n) is 0. The summed E-state index contributed by atoms with van der Waals surface area (Å²) in [5.74, 6) is 2.03. The number of hydrogen-bond donors (Lipinski definition) is 0. The summed E-state index contributed by atoms with van der Waals surface area (Å²) in [7, 11) is 1.99. The summed E-state index contributed by atoms with van der Waals surface area (Å²) in [5.41, 5.74) is 0. The van der Waals surface area contributed by atoms with Gasteiger partial charge in [0, 0.05) is 0 Å². The molecule has 0 aromatic heterocycles. The van der Waals surface area contributed by atoms with Crippen LogP contribution in [0.5, 0.6) is 0 Å². The molecule has 2 nitrogen and oxygen atoms in total. The van der Waals surface area contributed by atoms with Gasteiger partial charge in [-0.25, -0.2) is 0 Å². The first-order valence-electron chi connectivity index (χ1n) is 0.712. The molecule has 0 radical (unpaired) electrons. The molecule has 0 saturated heterocycles. The molecule has 3 heteroatoms. The molecule has 0 amide bonds. The lowest BCUT2D eigenvalue weighted by molar-refractivity contribution is 1.51. The fraction of sp³-hybridized carbons (Fsp3) is 0. The van der Waals surface area contributed by atoms with E-state index in [1.165, 1.54) is 0 Å². The van der Waals surface area contributed by atoms with Crippen LogP contribution in [0.4, 0.5) is 0 Å². The Kier molecular flexibility index (Phi) is 2.32. The van der Waals surface area contributed by atoms with Gasteiger partial charge in [0.05, 0.1) is 0 Å². The third-order valence-electron chi connectivity index (χ3n) is 0.0577. The predicted molar refractivity (Wildman–Crippen MR) is 19.8 cm³/mol. The molecule has 0 heterocycles. The van der Waals surface area contributed by atoms with Crippen molar-refractivity contribution in [2.24, 2.45) is 0 Å². The molecule has 0 fully saturated rings. The molecule has 0 bridgehead atoms. The number of diazo groups is 1. The third kappa shape index (κ3) is 1.59. The molecular formula is CH2N2P+. The van der Waals surface area contributed by atoms with Gasteiger partial charge >= 0.3 is 0 Å². The van der Waals surface area contributed by atoms with Gasteiger partial charge in [0.25, 0.3) is 0 Å². The van der Waals surface area contributed by atoms with Gasteiger partial charge in [-0.3, -0.25) is 0 Å². The molecule has 0 aliphatic carbocycles. The normalized spacial score (nSPS) is 3.75. The van der Waals surface area contributed by atoms with Gasteiger partial charge in [-0.1, -0.05) is 0 Å². The van der Waals surface area contributed by atoms with Crippen LogP contribution in [0.15, 0.2) is 0 Å². The van der Waals surface area contributed by atoms with E-state index in [1.54, 1.807) is 0 Å². The second kappa shape index (κ2) is 2.59. The zero-order valence-corrected chi connectivity index (χ0v) is 3.13. The first kappa shape index (κ1) is 3.59. The lowest BCUT2D eigenvalue weighted by Crippen LogP contribution is -1.28. The van der Waals surface area contributed by atoms with Crippen LogP contribution in [0.2, 0.25) is 0 Å². The van der Waals surface area contributed by atoms with E-state index in [0.717, 1.165) is 0 Å². The molecule has 0 aliphatic heterocycles. The highest BCUT2D eigenvalue weighted by molar-refractivity contribution is 7.18. The fourth-order valence-corrected chi connectivity index (χ4v) is 0. The number of nitrogens with zero attached hydrogens (tertiary/aromatic N) is 2. The predicted octanol–water partition coefficient (Wildman–Crippen LogP) is 0.351. The largest absolute Gasteiger partial charge is 0.249 e. The standard InChI is InChI=1S/CH2N2P/c2-3-1-4/h4H2/q+1. The molecule has 20 valence electrons. The van der Waals surface area contributed by atoms with E-state index in [0.29, 0.717) is 0 Å². The van der Waals surface area contributed by atoms with Crippen molar-refractivity contribution in [2.45, 2.75) is 0 Å². The zero-order chi connectivity index (χ0) is 3.41. The summed E-state index contributed by atoms with van der Waals surface area (Å²) < 4.78 is 0. The maximum atomic E-state index is 7.37. The van der Waals surface area contributed by atoms with E-state index < -0.39 is 0 Å². The second-order valence-corrected chi connectivity index (χ2v) is 0.487. The topological polar surface area (TPSA) is 28.1 Å². The Morgan fingerprint density at radius 3 is 2.25 bits per heavy atom. The van der Waals surface area contributed by atoms with Crippen molar-refractivity contribution in [3.05, 3.63) is 4.98 Å². The first-order valence-corrected chi connectivity index (χ1v) is 1.29. The highest BCUT2D eigenvalue weighted by Crippen LogP contribution is 1.51. The summed E-state index contributed by atoms with van der Waals surface area (Å²) >= 11 is 0. The summed E-state index contributed by atoms with van der Waals surface area (Å²) in [6.07, 6.45) is 0. The summed E-state index contributed by atoms with van der Waals surface area (Å²) in [4.78, 5) is 2.45. The highest BCUT2D eigenvalue weighted by Gasteiger charge is 1.44. The van der Waals surface area contributed by atoms with Crippen LogP contribution in [0, 0.1) is 5.39 Å². The van der Waals surface area contributed by atoms with Crippen molar-refractivity contribution < 1.29 is 0 Å². The summed E-state index contributed by atoms with van der Waals surface area (Å²) in [5, 5.41) is 7.37. The van der Waals surface area contributed by atoms with Crippen LogP contribution in [0.25, 0.3) is 4.98 Å². The van der Waals surface area contributed by atoms with Crippen LogP contribution in [0.3, 0.4) is 0 Å². The van der Waals surface area contributed by atoms with Gasteiger partial charge in [-0.2, -0.15) is 0 Å². The van der Waals surface area contributed by atoms with Crippen molar-refractivity contribution >= 4 is 14.8 Å². The molecule has 1 unspecified atom stereocenters. The Morgan fingerprint density at radius 2 is 2.25 bits per heavy atom. The Morgan fingerprint density at radius 1 is 2.00 bits per heavy atom. The summed E-state index contributed by atoms with van der Waals surface area (Å²) in [6, 6.07) is 0. The number of hydrogen-bond acceptors (Lipinski definition) is 1. The Labute approximate surface area is 26.3 Å². The second-order valence-electron chi connectivity index (χ2n) is 0.229. The highest BCUT2D eigenvalue weighted by atomic mass is 31.0. The molecule has 0 rings (SSSR count). The molecular weight excluding hydrogens is 71.0 g/mol. The SMILES string of the molecule is N#[N+][C-]=[PH2+]. The van der Waals surface area contributed by atoms with E-state index in [2.05, 4.69) is 4.98 Å². The van der Waals surface area contributed by atoms with Crippen molar-refractivity contribution in [3.8, 4) is 0 Å². The van der Waals surface area contributed by atoms with E-state index in [1.807, 2.05) is 14.8 Å². The molecule has 1 atom stereocenters. The van der Waals surface area contributed by atoms with E-state index in [9.17, 15) is 0 Å². The molecule has 4 heavy (non-hydrogen) atoms. The van der Waals surface area contributed by atoms with E-state index in [4.69, 9.17) is 5.39 Å². The Bertz CT molecular complexity index is 51.5. The van der Waals surface area contributed by atoms with E-state index >= 15 is 0 Å². The van der Waals surface area contributed by atoms with Crippen LogP contribution in [-0.2, 0) is 0 Å². The Hall–Kier alpha value is -0.410. The van der Waals surface area contributed by atoms with Gasteiger partial charge in [0.2, 0.25) is 5.92 Å². The monoisotopic (exact) mass is 73.0 g/mol. The van der Waals surface area contributed by atoms with Gasteiger partial charge in [0.1, 0.15) is 0 Å². The first-order chi connectivity index (χ1) is 1.91. The van der Waals surface area contributed by atoms with Crippen molar-refractivity contribution in [3.63, 3.8) is 0 Å². The van der Waals surface area contributed by atoms with Crippen LogP contribution in [0.1, 0.15) is 0 Å². The molecule has 0 aliphatic rings. The minimum atomic E-state index is 1.99. The van der Waals surface area contributed by atoms with E-state index in [-0.39, 0.29) is 0 Å². The van der Waals surface area contributed by atoms with Crippen LogP contribution < -0.4 is 0 Å². The van der Waals surface area contributed by atoms with Gasteiger partial charge in [-0.05, 0) is 13.8 Å². The molecule has 0 aromatic carbocycles. The maximum Gasteiger partial charge on any atom is 0.249 e. The lowest BCUT2D eigenvalue weighted by Gasteiger charge is -1.21. The average Bonchev–Trinajstić information content (AvgIpc) is 1.37. The molecule has 0 spiro atoms. The van der Waals surface area contributed by atoms with Gasteiger partial charge in [0.15, 0.2) is 5.39 Å². The average molecular weight is 73.0 g/mol. The quantitative estimate of drug-likeness (QED) is 0.231. The molecule has 0 N–H and O–H groups in total. The molecule has 0 aromatic rings. The molecule has 0 saturated carbocycles. The minimum Gasteiger partial charge on any atom is -0.0314 e. The van der Waals surface area contributed by atoms with Crippen molar-refractivity contribution in [1.82, 2.24) is 0 Å². The Balaban J connectivity index is 2.92.